The second-order valence-electron chi connectivity index (χ2n) is 4.14. The molecule has 0 unspecified atom stereocenters. The van der Waals surface area contributed by atoms with Crippen LogP contribution in [0.25, 0.3) is 0 Å². The Kier molecular flexibility index (Phi) is 5.05. The van der Waals surface area contributed by atoms with E-state index in [0.29, 0.717) is 11.3 Å². The SMILES string of the molecule is C/C(=N/Nc1cn[nH]c(=O)c1Cl)c1ccc(OC(F)F)cc1. The lowest BCUT2D eigenvalue weighted by Crippen LogP contribution is -2.10. The van der Waals surface area contributed by atoms with Crippen LogP contribution in [0.4, 0.5) is 14.5 Å². The van der Waals surface area contributed by atoms with Crippen molar-refractivity contribution in [3.8, 4) is 5.75 Å². The third kappa shape index (κ3) is 4.01. The van der Waals surface area contributed by atoms with Crippen LogP contribution in [0.15, 0.2) is 40.4 Å². The molecule has 0 saturated heterocycles. The van der Waals surface area contributed by atoms with E-state index < -0.39 is 12.2 Å². The van der Waals surface area contributed by atoms with Gasteiger partial charge in [0.2, 0.25) is 0 Å². The van der Waals surface area contributed by atoms with Crippen LogP contribution in [0.5, 0.6) is 5.75 Å². The first kappa shape index (κ1) is 15.9. The second kappa shape index (κ2) is 6.99. The third-order valence-electron chi connectivity index (χ3n) is 2.64. The van der Waals surface area contributed by atoms with Gasteiger partial charge in [-0.25, -0.2) is 5.10 Å². The number of benzene rings is 1. The van der Waals surface area contributed by atoms with E-state index in [1.54, 1.807) is 19.1 Å². The molecule has 6 nitrogen and oxygen atoms in total. The fourth-order valence-electron chi connectivity index (χ4n) is 1.55. The van der Waals surface area contributed by atoms with Crippen molar-refractivity contribution in [1.82, 2.24) is 10.2 Å². The molecule has 9 heteroatoms. The van der Waals surface area contributed by atoms with Crippen molar-refractivity contribution in [2.24, 2.45) is 5.10 Å². The predicted molar refractivity (Wildman–Crippen MR) is 78.8 cm³/mol. The topological polar surface area (TPSA) is 79.4 Å². The van der Waals surface area contributed by atoms with Crippen molar-refractivity contribution in [2.45, 2.75) is 13.5 Å². The van der Waals surface area contributed by atoms with Crippen LogP contribution >= 0.6 is 11.6 Å². The molecular formula is C13H11ClF2N4O2. The molecule has 116 valence electrons. The zero-order valence-electron chi connectivity index (χ0n) is 11.3. The van der Waals surface area contributed by atoms with Gasteiger partial charge in [0.25, 0.3) is 5.56 Å². The number of alkyl halides is 2. The van der Waals surface area contributed by atoms with Gasteiger partial charge >= 0.3 is 6.61 Å². The molecule has 0 amide bonds. The molecule has 0 fully saturated rings. The molecule has 1 aromatic carbocycles. The van der Waals surface area contributed by atoms with E-state index in [1.165, 1.54) is 18.3 Å². The van der Waals surface area contributed by atoms with Crippen LogP contribution in [0.3, 0.4) is 0 Å². The Hall–Kier alpha value is -2.48. The van der Waals surface area contributed by atoms with E-state index in [4.69, 9.17) is 11.6 Å². The molecule has 0 spiro atoms. The summed E-state index contributed by atoms with van der Waals surface area (Å²) in [6, 6.07) is 5.97. The number of hydrazone groups is 1. The summed E-state index contributed by atoms with van der Waals surface area (Å²) >= 11 is 5.79. The molecule has 2 N–H and O–H groups in total. The number of aromatic amines is 1. The van der Waals surface area contributed by atoms with Gasteiger partial charge in [0.05, 0.1) is 11.9 Å². The lowest BCUT2D eigenvalue weighted by molar-refractivity contribution is -0.0498. The zero-order valence-corrected chi connectivity index (χ0v) is 12.1. The van der Waals surface area contributed by atoms with Crippen molar-refractivity contribution < 1.29 is 13.5 Å². The van der Waals surface area contributed by atoms with Crippen LogP contribution < -0.4 is 15.7 Å². The second-order valence-corrected chi connectivity index (χ2v) is 4.52. The molecular weight excluding hydrogens is 318 g/mol. The number of halogens is 3. The van der Waals surface area contributed by atoms with Gasteiger partial charge in [0.15, 0.2) is 0 Å². The molecule has 0 aliphatic heterocycles. The molecule has 0 radical (unpaired) electrons. The Labute approximate surface area is 128 Å². The lowest BCUT2D eigenvalue weighted by atomic mass is 10.1. The quantitative estimate of drug-likeness (QED) is 0.653. The number of anilines is 1. The number of aromatic nitrogens is 2. The Balaban J connectivity index is 2.12. The van der Waals surface area contributed by atoms with Crippen LogP contribution in [0.1, 0.15) is 12.5 Å². The maximum atomic E-state index is 12.1. The van der Waals surface area contributed by atoms with Crippen molar-refractivity contribution in [3.05, 3.63) is 51.4 Å². The Morgan fingerprint density at radius 1 is 1.41 bits per heavy atom. The smallest absolute Gasteiger partial charge is 0.387 e. The fraction of sp³-hybridized carbons (Fsp3) is 0.154. The highest BCUT2D eigenvalue weighted by Gasteiger charge is 2.06. The Morgan fingerprint density at radius 3 is 2.73 bits per heavy atom. The third-order valence-corrected chi connectivity index (χ3v) is 3.01. The molecule has 0 aliphatic rings. The minimum absolute atomic E-state index is 0.0568. The minimum Gasteiger partial charge on any atom is -0.435 e. The standard InChI is InChI=1S/C13H11ClF2N4O2/c1-7(8-2-4-9(5-3-8)22-13(15)16)18-19-10-6-17-20-12(21)11(10)14/h2-6,13H,1H3,(H2,19,20,21)/b18-7-. The van der Waals surface area contributed by atoms with Gasteiger partial charge in [-0.1, -0.05) is 11.6 Å². The highest BCUT2D eigenvalue weighted by atomic mass is 35.5. The van der Waals surface area contributed by atoms with Crippen LogP contribution in [-0.2, 0) is 0 Å². The number of H-pyrrole nitrogens is 1. The van der Waals surface area contributed by atoms with Crippen LogP contribution in [-0.4, -0.2) is 22.5 Å². The minimum atomic E-state index is -2.87. The maximum Gasteiger partial charge on any atom is 0.387 e. The number of hydrogen-bond donors (Lipinski definition) is 2. The summed E-state index contributed by atoms with van der Waals surface area (Å²) < 4.78 is 28.4. The van der Waals surface area contributed by atoms with E-state index in [2.05, 4.69) is 25.5 Å². The van der Waals surface area contributed by atoms with Gasteiger partial charge in [-0.3, -0.25) is 10.2 Å². The highest BCUT2D eigenvalue weighted by molar-refractivity contribution is 6.32. The summed E-state index contributed by atoms with van der Waals surface area (Å²) in [4.78, 5) is 11.3. The summed E-state index contributed by atoms with van der Waals surface area (Å²) in [7, 11) is 0. The molecule has 1 aromatic heterocycles. The summed E-state index contributed by atoms with van der Waals surface area (Å²) in [5.41, 5.74) is 3.58. The van der Waals surface area contributed by atoms with E-state index in [9.17, 15) is 13.6 Å². The van der Waals surface area contributed by atoms with Crippen LogP contribution in [0.2, 0.25) is 5.02 Å². The van der Waals surface area contributed by atoms with E-state index in [-0.39, 0.29) is 16.5 Å². The first-order valence-electron chi connectivity index (χ1n) is 6.06. The van der Waals surface area contributed by atoms with Gasteiger partial charge < -0.3 is 4.74 Å². The monoisotopic (exact) mass is 328 g/mol. The number of nitrogens with zero attached hydrogens (tertiary/aromatic N) is 2. The molecule has 2 rings (SSSR count). The Bertz CT molecular complexity index is 732. The molecule has 0 saturated carbocycles. The normalized spacial score (nSPS) is 11.6. The van der Waals surface area contributed by atoms with Crippen LogP contribution in [0, 0.1) is 0 Å². The first-order chi connectivity index (χ1) is 10.5. The predicted octanol–water partition coefficient (Wildman–Crippen LogP) is 2.86. The summed E-state index contributed by atoms with van der Waals surface area (Å²) in [6.07, 6.45) is 1.32. The van der Waals surface area contributed by atoms with Gasteiger partial charge in [0, 0.05) is 0 Å². The van der Waals surface area contributed by atoms with Gasteiger partial charge in [-0.15, -0.1) is 0 Å². The molecule has 22 heavy (non-hydrogen) atoms. The number of ether oxygens (including phenoxy) is 1. The molecule has 0 aliphatic carbocycles. The van der Waals surface area contributed by atoms with E-state index in [1.807, 2.05) is 0 Å². The zero-order chi connectivity index (χ0) is 16.1. The molecule has 1 heterocycles. The number of nitrogens with one attached hydrogen (secondary N) is 2. The lowest BCUT2D eigenvalue weighted by Gasteiger charge is -2.06. The largest absolute Gasteiger partial charge is 0.435 e. The van der Waals surface area contributed by atoms with Crippen molar-refractivity contribution in [1.29, 1.82) is 0 Å². The average molecular weight is 329 g/mol. The van der Waals surface area contributed by atoms with E-state index in [0.717, 1.165) is 0 Å². The number of rotatable bonds is 5. The summed E-state index contributed by atoms with van der Waals surface area (Å²) in [5.74, 6) is 0.0568. The summed E-state index contributed by atoms with van der Waals surface area (Å²) in [5, 5.41) is 9.77. The maximum absolute atomic E-state index is 12.1. The molecule has 0 bridgehead atoms. The van der Waals surface area contributed by atoms with Crippen molar-refractivity contribution >= 4 is 23.0 Å². The van der Waals surface area contributed by atoms with Gasteiger partial charge in [-0.2, -0.15) is 19.0 Å². The van der Waals surface area contributed by atoms with Gasteiger partial charge in [-0.05, 0) is 36.8 Å². The van der Waals surface area contributed by atoms with Gasteiger partial charge in [0.1, 0.15) is 16.5 Å². The molecule has 2 aromatic rings. The molecule has 0 atom stereocenters. The average Bonchev–Trinajstić information content (AvgIpc) is 2.48. The number of hydrogen-bond acceptors (Lipinski definition) is 5. The summed E-state index contributed by atoms with van der Waals surface area (Å²) in [6.45, 7) is -1.17. The van der Waals surface area contributed by atoms with Crippen molar-refractivity contribution in [3.63, 3.8) is 0 Å². The Morgan fingerprint density at radius 2 is 2.09 bits per heavy atom. The highest BCUT2D eigenvalue weighted by Crippen LogP contribution is 2.17. The fourth-order valence-corrected chi connectivity index (χ4v) is 1.68. The van der Waals surface area contributed by atoms with Crippen molar-refractivity contribution in [2.75, 3.05) is 5.43 Å². The van der Waals surface area contributed by atoms with E-state index >= 15 is 0 Å². The first-order valence-corrected chi connectivity index (χ1v) is 6.44.